The number of aliphatic hydroxyl groups is 1. The molecule has 0 amide bonds. The molecule has 0 fully saturated rings. The van der Waals surface area contributed by atoms with Crippen LogP contribution in [-0.2, 0) is 19.1 Å². The Morgan fingerprint density at radius 1 is 0.889 bits per heavy atom. The minimum atomic E-state index is -0.767. The molecule has 0 aliphatic carbocycles. The lowest BCUT2D eigenvalue weighted by Crippen LogP contribution is -2.28. The van der Waals surface area contributed by atoms with E-state index in [4.69, 9.17) is 14.6 Å². The van der Waals surface area contributed by atoms with Gasteiger partial charge in [-0.2, -0.15) is 0 Å². The van der Waals surface area contributed by atoms with Crippen molar-refractivity contribution in [3.8, 4) is 0 Å². The first-order valence-electron chi connectivity index (χ1n) is 10.4. The van der Waals surface area contributed by atoms with E-state index < -0.39 is 6.10 Å². The van der Waals surface area contributed by atoms with Gasteiger partial charge >= 0.3 is 11.9 Å². The average Bonchev–Trinajstić information content (AvgIpc) is 2.68. The van der Waals surface area contributed by atoms with Crippen LogP contribution in [-0.4, -0.2) is 36.4 Å². The van der Waals surface area contributed by atoms with E-state index in [0.29, 0.717) is 6.42 Å². The Bertz CT molecular complexity index is 428. The van der Waals surface area contributed by atoms with Crippen molar-refractivity contribution in [2.75, 3.05) is 13.2 Å². The summed E-state index contributed by atoms with van der Waals surface area (Å²) in [5.74, 6) is -0.715. The van der Waals surface area contributed by atoms with E-state index in [1.54, 1.807) is 6.92 Å². The second kappa shape index (κ2) is 19.2. The Balaban J connectivity index is 3.56. The van der Waals surface area contributed by atoms with Crippen LogP contribution in [0, 0.1) is 0 Å². The maximum absolute atomic E-state index is 11.7. The van der Waals surface area contributed by atoms with Gasteiger partial charge in [-0.1, -0.05) is 63.8 Å². The monoisotopic (exact) mass is 382 g/mol. The van der Waals surface area contributed by atoms with Crippen LogP contribution >= 0.6 is 0 Å². The standard InChI is InChI=1S/C22H38O5/c1-3-5-6-7-8-9-10-11-12-13-14-15-16-17-22(25)27-20(18-23)19-26-21(24)4-2/h6-7,9-10,20,23H,3-5,8,11-19H2,1-2H3/b7-6-,10-9-. The molecule has 0 aromatic heterocycles. The highest BCUT2D eigenvalue weighted by molar-refractivity contribution is 5.70. The second-order valence-electron chi connectivity index (χ2n) is 6.60. The molecular weight excluding hydrogens is 344 g/mol. The fraction of sp³-hybridized carbons (Fsp3) is 0.727. The zero-order valence-corrected chi connectivity index (χ0v) is 17.2. The first kappa shape index (κ1) is 25.4. The van der Waals surface area contributed by atoms with Crippen molar-refractivity contribution in [2.24, 2.45) is 0 Å². The summed E-state index contributed by atoms with van der Waals surface area (Å²) < 4.78 is 10.0. The highest BCUT2D eigenvalue weighted by Gasteiger charge is 2.15. The fourth-order valence-corrected chi connectivity index (χ4v) is 2.39. The second-order valence-corrected chi connectivity index (χ2v) is 6.60. The Morgan fingerprint density at radius 3 is 2.22 bits per heavy atom. The zero-order valence-electron chi connectivity index (χ0n) is 17.2. The van der Waals surface area contributed by atoms with Gasteiger partial charge < -0.3 is 14.6 Å². The van der Waals surface area contributed by atoms with Gasteiger partial charge in [-0.05, 0) is 32.1 Å². The van der Waals surface area contributed by atoms with E-state index in [1.165, 1.54) is 12.8 Å². The predicted octanol–water partition coefficient (Wildman–Crippen LogP) is 4.88. The van der Waals surface area contributed by atoms with E-state index in [1.807, 2.05) is 0 Å². The average molecular weight is 383 g/mol. The third kappa shape index (κ3) is 17.5. The quantitative estimate of drug-likeness (QED) is 0.221. The number of carbonyl (C=O) groups is 2. The highest BCUT2D eigenvalue weighted by Crippen LogP contribution is 2.09. The highest BCUT2D eigenvalue weighted by atomic mass is 16.6. The van der Waals surface area contributed by atoms with Crippen LogP contribution in [0.5, 0.6) is 0 Å². The van der Waals surface area contributed by atoms with Gasteiger partial charge in [0.2, 0.25) is 0 Å². The van der Waals surface area contributed by atoms with Gasteiger partial charge in [0.05, 0.1) is 6.61 Å². The van der Waals surface area contributed by atoms with Crippen molar-refractivity contribution in [1.29, 1.82) is 0 Å². The van der Waals surface area contributed by atoms with Crippen LogP contribution in [0.1, 0.15) is 84.5 Å². The Kier molecular flexibility index (Phi) is 18.0. The normalized spacial score (nSPS) is 12.6. The number of unbranched alkanes of at least 4 members (excludes halogenated alkanes) is 6. The summed E-state index contributed by atoms with van der Waals surface area (Å²) in [6, 6.07) is 0. The molecule has 0 aromatic carbocycles. The van der Waals surface area contributed by atoms with Crippen LogP contribution < -0.4 is 0 Å². The van der Waals surface area contributed by atoms with E-state index in [9.17, 15) is 9.59 Å². The van der Waals surface area contributed by atoms with E-state index >= 15 is 0 Å². The van der Waals surface area contributed by atoms with Crippen molar-refractivity contribution >= 4 is 11.9 Å². The van der Waals surface area contributed by atoms with E-state index in [0.717, 1.165) is 44.9 Å². The Morgan fingerprint density at radius 2 is 1.56 bits per heavy atom. The van der Waals surface area contributed by atoms with Gasteiger partial charge in [-0.15, -0.1) is 0 Å². The van der Waals surface area contributed by atoms with Crippen molar-refractivity contribution in [2.45, 2.75) is 90.6 Å². The van der Waals surface area contributed by atoms with Crippen LogP contribution in [0.4, 0.5) is 0 Å². The minimum absolute atomic E-state index is 0.0865. The number of ether oxygens (including phenoxy) is 2. The topological polar surface area (TPSA) is 72.8 Å². The molecule has 0 saturated carbocycles. The molecule has 156 valence electrons. The first-order valence-corrected chi connectivity index (χ1v) is 10.4. The molecule has 1 N–H and O–H groups in total. The van der Waals surface area contributed by atoms with Crippen LogP contribution in [0.25, 0.3) is 0 Å². The van der Waals surface area contributed by atoms with Crippen LogP contribution in [0.2, 0.25) is 0 Å². The number of aliphatic hydroxyl groups excluding tert-OH is 1. The van der Waals surface area contributed by atoms with Crippen molar-refractivity contribution in [3.63, 3.8) is 0 Å². The number of hydrogen-bond donors (Lipinski definition) is 1. The lowest BCUT2D eigenvalue weighted by atomic mass is 10.1. The maximum atomic E-state index is 11.7. The number of rotatable bonds is 17. The van der Waals surface area contributed by atoms with E-state index in [-0.39, 0.29) is 31.6 Å². The zero-order chi connectivity index (χ0) is 20.2. The molecule has 0 radical (unpaired) electrons. The minimum Gasteiger partial charge on any atom is -0.462 e. The maximum Gasteiger partial charge on any atom is 0.306 e. The van der Waals surface area contributed by atoms with Gasteiger partial charge in [0, 0.05) is 12.8 Å². The summed E-state index contributed by atoms with van der Waals surface area (Å²) in [7, 11) is 0. The number of allylic oxidation sites excluding steroid dienone is 4. The molecule has 5 heteroatoms. The smallest absolute Gasteiger partial charge is 0.306 e. The summed E-state index contributed by atoms with van der Waals surface area (Å²) in [5.41, 5.74) is 0. The van der Waals surface area contributed by atoms with Gasteiger partial charge in [0.25, 0.3) is 0 Å². The molecule has 1 atom stereocenters. The van der Waals surface area contributed by atoms with E-state index in [2.05, 4.69) is 31.2 Å². The number of hydrogen-bond acceptors (Lipinski definition) is 5. The SMILES string of the molecule is CCC/C=C\C/C=C\CCCCCCCC(=O)OC(CO)COC(=O)CC. The molecule has 0 bridgehead atoms. The number of esters is 2. The molecule has 0 heterocycles. The van der Waals surface area contributed by atoms with Crippen molar-refractivity contribution < 1.29 is 24.2 Å². The van der Waals surface area contributed by atoms with Gasteiger partial charge in [0.1, 0.15) is 6.61 Å². The molecule has 0 rings (SSSR count). The molecule has 1 unspecified atom stereocenters. The largest absolute Gasteiger partial charge is 0.462 e. The molecular formula is C22H38O5. The third-order valence-electron chi connectivity index (χ3n) is 4.03. The summed E-state index contributed by atoms with van der Waals surface area (Å²) >= 11 is 0. The lowest BCUT2D eigenvalue weighted by Gasteiger charge is -2.15. The molecule has 0 aromatic rings. The molecule has 5 nitrogen and oxygen atoms in total. The van der Waals surface area contributed by atoms with Crippen molar-refractivity contribution in [1.82, 2.24) is 0 Å². The fourth-order valence-electron chi connectivity index (χ4n) is 2.39. The molecule has 27 heavy (non-hydrogen) atoms. The summed E-state index contributed by atoms with van der Waals surface area (Å²) in [6.07, 6.45) is 18.5. The molecule has 0 aliphatic heterocycles. The molecule has 0 spiro atoms. The summed E-state index contributed by atoms with van der Waals surface area (Å²) in [6.45, 7) is 3.44. The number of carbonyl (C=O) groups excluding carboxylic acids is 2. The van der Waals surface area contributed by atoms with Crippen LogP contribution in [0.15, 0.2) is 24.3 Å². The van der Waals surface area contributed by atoms with Gasteiger partial charge in [-0.25, -0.2) is 0 Å². The predicted molar refractivity (Wildman–Crippen MR) is 108 cm³/mol. The molecule has 0 aliphatic rings. The first-order chi connectivity index (χ1) is 13.1. The summed E-state index contributed by atoms with van der Waals surface area (Å²) in [4.78, 5) is 22.8. The lowest BCUT2D eigenvalue weighted by molar-refractivity contribution is -0.161. The van der Waals surface area contributed by atoms with Gasteiger partial charge in [0.15, 0.2) is 6.10 Å². The summed E-state index contributed by atoms with van der Waals surface area (Å²) in [5, 5.41) is 9.17. The molecule has 0 saturated heterocycles. The third-order valence-corrected chi connectivity index (χ3v) is 4.03. The Hall–Kier alpha value is -1.62. The Labute approximate surface area is 164 Å². The van der Waals surface area contributed by atoms with Gasteiger partial charge in [-0.3, -0.25) is 9.59 Å². The van der Waals surface area contributed by atoms with Crippen molar-refractivity contribution in [3.05, 3.63) is 24.3 Å². The van der Waals surface area contributed by atoms with Crippen LogP contribution in [0.3, 0.4) is 0 Å².